The zero-order chi connectivity index (χ0) is 12.4. The molecule has 3 nitrogen and oxygen atoms in total. The summed E-state index contributed by atoms with van der Waals surface area (Å²) in [4.78, 5) is 0. The molecule has 0 atom stereocenters. The molecule has 2 aliphatic rings. The SMILES string of the molecule is Brc1cc(CNC2CCCC2)cc2c1OCCO2. The third-order valence-electron chi connectivity index (χ3n) is 3.61. The van der Waals surface area contributed by atoms with Crippen molar-refractivity contribution in [2.24, 2.45) is 0 Å². The van der Waals surface area contributed by atoms with E-state index in [0.29, 0.717) is 19.3 Å². The first kappa shape index (κ1) is 12.3. The third-order valence-corrected chi connectivity index (χ3v) is 4.20. The second-order valence-electron chi connectivity index (χ2n) is 4.96. The minimum absolute atomic E-state index is 0.630. The molecule has 0 amide bonds. The van der Waals surface area contributed by atoms with Crippen LogP contribution in [-0.4, -0.2) is 19.3 Å². The molecule has 1 aromatic carbocycles. The van der Waals surface area contributed by atoms with Crippen LogP contribution in [0.5, 0.6) is 11.5 Å². The van der Waals surface area contributed by atoms with Crippen LogP contribution in [0.25, 0.3) is 0 Å². The Labute approximate surface area is 116 Å². The number of hydrogen-bond donors (Lipinski definition) is 1. The van der Waals surface area contributed by atoms with Gasteiger partial charge in [-0.15, -0.1) is 0 Å². The fraction of sp³-hybridized carbons (Fsp3) is 0.571. The highest BCUT2D eigenvalue weighted by Gasteiger charge is 2.18. The first-order valence-corrected chi connectivity index (χ1v) is 7.43. The van der Waals surface area contributed by atoms with Crippen LogP contribution in [0.3, 0.4) is 0 Å². The molecule has 0 bridgehead atoms. The zero-order valence-electron chi connectivity index (χ0n) is 10.4. The van der Waals surface area contributed by atoms with Crippen LogP contribution in [0.1, 0.15) is 31.2 Å². The molecule has 0 saturated heterocycles. The highest BCUT2D eigenvalue weighted by Crippen LogP contribution is 2.38. The fourth-order valence-electron chi connectivity index (χ4n) is 2.66. The summed E-state index contributed by atoms with van der Waals surface area (Å²) in [5.74, 6) is 1.70. The van der Waals surface area contributed by atoms with Gasteiger partial charge in [-0.1, -0.05) is 12.8 Å². The van der Waals surface area contributed by atoms with Gasteiger partial charge in [-0.2, -0.15) is 0 Å². The van der Waals surface area contributed by atoms with Crippen LogP contribution in [0.2, 0.25) is 0 Å². The first-order valence-electron chi connectivity index (χ1n) is 6.64. The predicted molar refractivity (Wildman–Crippen MR) is 74.2 cm³/mol. The Morgan fingerprint density at radius 1 is 1.17 bits per heavy atom. The quantitative estimate of drug-likeness (QED) is 0.929. The molecule has 4 heteroatoms. The molecule has 18 heavy (non-hydrogen) atoms. The number of benzene rings is 1. The molecule has 0 aromatic heterocycles. The number of nitrogens with one attached hydrogen (secondary N) is 1. The van der Waals surface area contributed by atoms with Crippen molar-refractivity contribution in [2.75, 3.05) is 13.2 Å². The summed E-state index contributed by atoms with van der Waals surface area (Å²) in [6.07, 6.45) is 5.35. The van der Waals surface area contributed by atoms with E-state index >= 15 is 0 Å². The lowest BCUT2D eigenvalue weighted by Gasteiger charge is -2.21. The van der Waals surface area contributed by atoms with E-state index < -0.39 is 0 Å². The number of halogens is 1. The monoisotopic (exact) mass is 311 g/mol. The summed E-state index contributed by atoms with van der Waals surface area (Å²) in [5.41, 5.74) is 1.25. The zero-order valence-corrected chi connectivity index (χ0v) is 12.0. The van der Waals surface area contributed by atoms with Crippen molar-refractivity contribution in [3.8, 4) is 11.5 Å². The van der Waals surface area contributed by atoms with E-state index in [1.807, 2.05) is 0 Å². The average Bonchev–Trinajstić information content (AvgIpc) is 2.90. The van der Waals surface area contributed by atoms with E-state index in [1.54, 1.807) is 0 Å². The topological polar surface area (TPSA) is 30.5 Å². The van der Waals surface area contributed by atoms with Crippen molar-refractivity contribution >= 4 is 15.9 Å². The van der Waals surface area contributed by atoms with E-state index in [-0.39, 0.29) is 0 Å². The molecule has 0 spiro atoms. The maximum Gasteiger partial charge on any atom is 0.175 e. The van der Waals surface area contributed by atoms with Gasteiger partial charge in [-0.25, -0.2) is 0 Å². The molecule has 0 radical (unpaired) electrons. The summed E-state index contributed by atoms with van der Waals surface area (Å²) in [5, 5.41) is 3.61. The van der Waals surface area contributed by atoms with Crippen LogP contribution in [0.4, 0.5) is 0 Å². The molecule has 1 fully saturated rings. The highest BCUT2D eigenvalue weighted by molar-refractivity contribution is 9.10. The number of hydrogen-bond acceptors (Lipinski definition) is 3. The van der Waals surface area contributed by atoms with Crippen molar-refractivity contribution in [1.82, 2.24) is 5.32 Å². The maximum atomic E-state index is 5.63. The third kappa shape index (κ3) is 2.64. The Kier molecular flexibility index (Phi) is 3.75. The second-order valence-corrected chi connectivity index (χ2v) is 5.82. The average molecular weight is 312 g/mol. The predicted octanol–water partition coefficient (Wildman–Crippen LogP) is 3.25. The van der Waals surface area contributed by atoms with Crippen LogP contribution in [0.15, 0.2) is 16.6 Å². The minimum Gasteiger partial charge on any atom is -0.486 e. The highest BCUT2D eigenvalue weighted by atomic mass is 79.9. The van der Waals surface area contributed by atoms with E-state index in [0.717, 1.165) is 22.5 Å². The minimum atomic E-state index is 0.630. The molecule has 98 valence electrons. The van der Waals surface area contributed by atoms with Gasteiger partial charge in [0.05, 0.1) is 4.47 Å². The van der Waals surface area contributed by atoms with Gasteiger partial charge >= 0.3 is 0 Å². The Morgan fingerprint density at radius 2 is 1.94 bits per heavy atom. The lowest BCUT2D eigenvalue weighted by molar-refractivity contribution is 0.170. The summed E-state index contributed by atoms with van der Waals surface area (Å²) in [6.45, 7) is 2.17. The Hall–Kier alpha value is -0.740. The first-order chi connectivity index (χ1) is 8.83. The Bertz CT molecular complexity index is 430. The van der Waals surface area contributed by atoms with Crippen LogP contribution < -0.4 is 14.8 Å². The molecule has 3 rings (SSSR count). The van der Waals surface area contributed by atoms with Gasteiger partial charge in [-0.05, 0) is 46.5 Å². The molecule has 0 unspecified atom stereocenters. The summed E-state index contributed by atoms with van der Waals surface area (Å²) >= 11 is 3.55. The standard InChI is InChI=1S/C14H18BrNO2/c15-12-7-10(9-16-11-3-1-2-4-11)8-13-14(12)18-6-5-17-13/h7-8,11,16H,1-6,9H2. The van der Waals surface area contributed by atoms with Crippen LogP contribution in [0, 0.1) is 0 Å². The lowest BCUT2D eigenvalue weighted by atomic mass is 10.1. The smallest absolute Gasteiger partial charge is 0.175 e. The van der Waals surface area contributed by atoms with E-state index in [1.165, 1.54) is 31.2 Å². The van der Waals surface area contributed by atoms with Gasteiger partial charge in [0.25, 0.3) is 0 Å². The van der Waals surface area contributed by atoms with Crippen molar-refractivity contribution in [1.29, 1.82) is 0 Å². The van der Waals surface area contributed by atoms with Crippen molar-refractivity contribution in [2.45, 2.75) is 38.3 Å². The van der Waals surface area contributed by atoms with Crippen molar-refractivity contribution in [3.05, 3.63) is 22.2 Å². The normalized spacial score (nSPS) is 19.2. The molecular formula is C14H18BrNO2. The maximum absolute atomic E-state index is 5.63. The molecule has 1 N–H and O–H groups in total. The summed E-state index contributed by atoms with van der Waals surface area (Å²) in [6, 6.07) is 4.90. The van der Waals surface area contributed by atoms with Crippen molar-refractivity contribution < 1.29 is 9.47 Å². The van der Waals surface area contributed by atoms with Gasteiger partial charge in [0.1, 0.15) is 13.2 Å². The fourth-order valence-corrected chi connectivity index (χ4v) is 3.26. The summed E-state index contributed by atoms with van der Waals surface area (Å²) in [7, 11) is 0. The summed E-state index contributed by atoms with van der Waals surface area (Å²) < 4.78 is 12.2. The van der Waals surface area contributed by atoms with E-state index in [9.17, 15) is 0 Å². The molecule has 1 aliphatic heterocycles. The number of rotatable bonds is 3. The molecule has 1 aliphatic carbocycles. The largest absolute Gasteiger partial charge is 0.486 e. The second kappa shape index (κ2) is 5.49. The molecular weight excluding hydrogens is 294 g/mol. The van der Waals surface area contributed by atoms with Gasteiger partial charge in [0, 0.05) is 12.6 Å². The number of ether oxygens (including phenoxy) is 2. The van der Waals surface area contributed by atoms with Crippen LogP contribution in [-0.2, 0) is 6.54 Å². The van der Waals surface area contributed by atoms with Gasteiger partial charge in [0.2, 0.25) is 0 Å². The van der Waals surface area contributed by atoms with Crippen molar-refractivity contribution in [3.63, 3.8) is 0 Å². The molecule has 1 saturated carbocycles. The van der Waals surface area contributed by atoms with Gasteiger partial charge < -0.3 is 14.8 Å². The Balaban J connectivity index is 1.70. The van der Waals surface area contributed by atoms with Gasteiger partial charge in [-0.3, -0.25) is 0 Å². The number of fused-ring (bicyclic) bond motifs is 1. The molecule has 1 aromatic rings. The lowest BCUT2D eigenvalue weighted by Crippen LogP contribution is -2.25. The molecule has 1 heterocycles. The van der Waals surface area contributed by atoms with E-state index in [4.69, 9.17) is 9.47 Å². The Morgan fingerprint density at radius 3 is 2.78 bits per heavy atom. The van der Waals surface area contributed by atoms with Gasteiger partial charge in [0.15, 0.2) is 11.5 Å². The van der Waals surface area contributed by atoms with E-state index in [2.05, 4.69) is 33.4 Å². The van der Waals surface area contributed by atoms with Crippen LogP contribution >= 0.6 is 15.9 Å².